The Balaban J connectivity index is 2.40. The van der Waals surface area contributed by atoms with E-state index in [1.807, 2.05) is 0 Å². The lowest BCUT2D eigenvalue weighted by molar-refractivity contribution is 0.0527. The number of hydrogen-bond acceptors (Lipinski definition) is 5. The highest BCUT2D eigenvalue weighted by Gasteiger charge is 2.20. The highest BCUT2D eigenvalue weighted by atomic mass is 32.2. The summed E-state index contributed by atoms with van der Waals surface area (Å²) in [5.41, 5.74) is 1.71. The standard InChI is InChI=1S/C15H21N3O3S/c1-5-21-15(20)13-10(4)17-18-12(19)6-11(16-14(13)18)8-22-7-9(2)3/h6,9,17H,5,7-8H2,1-4H3. The minimum absolute atomic E-state index is 0.219. The first-order chi connectivity index (χ1) is 10.4. The molecule has 2 aromatic heterocycles. The summed E-state index contributed by atoms with van der Waals surface area (Å²) in [6.07, 6.45) is 0. The van der Waals surface area contributed by atoms with Gasteiger partial charge in [0, 0.05) is 17.5 Å². The molecule has 0 spiro atoms. The lowest BCUT2D eigenvalue weighted by atomic mass is 10.2. The van der Waals surface area contributed by atoms with Crippen molar-refractivity contribution >= 4 is 23.4 Å². The second-order valence-corrected chi connectivity index (χ2v) is 6.52. The van der Waals surface area contributed by atoms with Crippen molar-refractivity contribution in [2.24, 2.45) is 5.92 Å². The number of hydrogen-bond donors (Lipinski definition) is 1. The van der Waals surface area contributed by atoms with E-state index in [1.54, 1.807) is 25.6 Å². The highest BCUT2D eigenvalue weighted by molar-refractivity contribution is 7.98. The first-order valence-electron chi connectivity index (χ1n) is 7.30. The van der Waals surface area contributed by atoms with Crippen LogP contribution in [0.3, 0.4) is 0 Å². The lowest BCUT2D eigenvalue weighted by Gasteiger charge is -2.05. The molecular formula is C15H21N3O3S. The van der Waals surface area contributed by atoms with E-state index in [-0.39, 0.29) is 12.2 Å². The molecule has 7 heteroatoms. The summed E-state index contributed by atoms with van der Waals surface area (Å²) in [5, 5.41) is 2.87. The van der Waals surface area contributed by atoms with E-state index in [0.717, 1.165) is 5.75 Å². The molecule has 1 N–H and O–H groups in total. The van der Waals surface area contributed by atoms with Crippen molar-refractivity contribution in [2.75, 3.05) is 12.4 Å². The molecule has 0 aliphatic heterocycles. The fourth-order valence-electron chi connectivity index (χ4n) is 2.12. The van der Waals surface area contributed by atoms with E-state index in [1.165, 1.54) is 10.6 Å². The van der Waals surface area contributed by atoms with E-state index in [0.29, 0.717) is 34.3 Å². The van der Waals surface area contributed by atoms with Gasteiger partial charge in [0.05, 0.1) is 12.3 Å². The number of rotatable bonds is 6. The third-order valence-electron chi connectivity index (χ3n) is 3.03. The molecule has 2 aromatic rings. The van der Waals surface area contributed by atoms with Gasteiger partial charge in [0.15, 0.2) is 5.65 Å². The van der Waals surface area contributed by atoms with Gasteiger partial charge in [-0.2, -0.15) is 11.8 Å². The summed E-state index contributed by atoms with van der Waals surface area (Å²) in [6, 6.07) is 1.51. The molecule has 0 unspecified atom stereocenters. The summed E-state index contributed by atoms with van der Waals surface area (Å²) in [4.78, 5) is 28.7. The Morgan fingerprint density at radius 3 is 2.86 bits per heavy atom. The molecular weight excluding hydrogens is 302 g/mol. The second kappa shape index (κ2) is 7.00. The average Bonchev–Trinajstić information content (AvgIpc) is 2.75. The second-order valence-electron chi connectivity index (χ2n) is 5.49. The fraction of sp³-hybridized carbons (Fsp3) is 0.533. The molecule has 0 aromatic carbocycles. The quantitative estimate of drug-likeness (QED) is 0.826. The number of carbonyl (C=O) groups is 1. The van der Waals surface area contributed by atoms with Gasteiger partial charge in [-0.1, -0.05) is 13.8 Å². The number of H-pyrrole nitrogens is 1. The SMILES string of the molecule is CCOC(=O)c1c(C)[nH]n2c(=O)cc(CSCC(C)C)nc12. The lowest BCUT2D eigenvalue weighted by Crippen LogP contribution is -2.16. The van der Waals surface area contributed by atoms with Gasteiger partial charge in [0.1, 0.15) is 5.56 Å². The topological polar surface area (TPSA) is 76.5 Å². The van der Waals surface area contributed by atoms with Crippen molar-refractivity contribution in [3.63, 3.8) is 0 Å². The molecule has 0 fully saturated rings. The number of aromatic amines is 1. The van der Waals surface area contributed by atoms with Crippen molar-refractivity contribution in [3.8, 4) is 0 Å². The van der Waals surface area contributed by atoms with Crippen LogP contribution in [-0.2, 0) is 10.5 Å². The van der Waals surface area contributed by atoms with Crippen molar-refractivity contribution in [3.05, 3.63) is 33.4 Å². The molecule has 22 heavy (non-hydrogen) atoms. The predicted octanol–water partition coefficient (Wildman–Crippen LogP) is 2.40. The van der Waals surface area contributed by atoms with Crippen molar-refractivity contribution in [1.82, 2.24) is 14.6 Å². The third kappa shape index (κ3) is 3.52. The summed E-state index contributed by atoms with van der Waals surface area (Å²) < 4.78 is 6.34. The first kappa shape index (κ1) is 16.6. The molecule has 0 amide bonds. The van der Waals surface area contributed by atoms with E-state index in [4.69, 9.17) is 4.74 Å². The fourth-order valence-corrected chi connectivity index (χ4v) is 3.06. The number of carbonyl (C=O) groups excluding carboxylic acids is 1. The van der Waals surface area contributed by atoms with Crippen LogP contribution >= 0.6 is 11.8 Å². The summed E-state index contributed by atoms with van der Waals surface area (Å²) in [5.74, 6) is 1.77. The van der Waals surface area contributed by atoms with Gasteiger partial charge in [-0.3, -0.25) is 9.89 Å². The number of esters is 1. The normalized spacial score (nSPS) is 11.3. The van der Waals surface area contributed by atoms with Crippen LogP contribution in [0.25, 0.3) is 5.65 Å². The maximum Gasteiger partial charge on any atom is 0.343 e. The van der Waals surface area contributed by atoms with E-state index >= 15 is 0 Å². The maximum atomic E-state index is 12.2. The number of ether oxygens (including phenoxy) is 1. The first-order valence-corrected chi connectivity index (χ1v) is 8.45. The molecule has 2 heterocycles. The molecule has 0 bridgehead atoms. The van der Waals surface area contributed by atoms with Gasteiger partial charge < -0.3 is 4.74 Å². The molecule has 0 aliphatic carbocycles. The van der Waals surface area contributed by atoms with Crippen LogP contribution in [0.2, 0.25) is 0 Å². The van der Waals surface area contributed by atoms with Crippen LogP contribution in [-0.4, -0.2) is 32.9 Å². The van der Waals surface area contributed by atoms with Gasteiger partial charge in [0.25, 0.3) is 5.56 Å². The zero-order chi connectivity index (χ0) is 16.3. The Morgan fingerprint density at radius 1 is 1.50 bits per heavy atom. The Bertz CT molecular complexity index is 733. The Morgan fingerprint density at radius 2 is 2.23 bits per heavy atom. The number of nitrogens with one attached hydrogen (secondary N) is 1. The van der Waals surface area contributed by atoms with Crippen LogP contribution in [0.4, 0.5) is 0 Å². The average molecular weight is 323 g/mol. The largest absolute Gasteiger partial charge is 0.462 e. The van der Waals surface area contributed by atoms with Crippen LogP contribution in [0.15, 0.2) is 10.9 Å². The Hall–Kier alpha value is -1.76. The summed E-state index contributed by atoms with van der Waals surface area (Å²) in [6.45, 7) is 8.05. The monoisotopic (exact) mass is 323 g/mol. The maximum absolute atomic E-state index is 12.2. The number of fused-ring (bicyclic) bond motifs is 1. The van der Waals surface area contributed by atoms with E-state index in [2.05, 4.69) is 23.9 Å². The third-order valence-corrected chi connectivity index (χ3v) is 4.43. The molecule has 0 aliphatic rings. The molecule has 120 valence electrons. The van der Waals surface area contributed by atoms with Gasteiger partial charge in [-0.25, -0.2) is 14.3 Å². The van der Waals surface area contributed by atoms with Crippen molar-refractivity contribution in [2.45, 2.75) is 33.4 Å². The smallest absolute Gasteiger partial charge is 0.343 e. The molecule has 0 saturated carbocycles. The van der Waals surface area contributed by atoms with Crippen LogP contribution < -0.4 is 5.56 Å². The molecule has 0 radical (unpaired) electrons. The van der Waals surface area contributed by atoms with Crippen molar-refractivity contribution < 1.29 is 9.53 Å². The number of nitrogens with zero attached hydrogens (tertiary/aromatic N) is 2. The summed E-state index contributed by atoms with van der Waals surface area (Å²) >= 11 is 1.73. The zero-order valence-corrected chi connectivity index (χ0v) is 14.1. The number of aryl methyl sites for hydroxylation is 1. The van der Waals surface area contributed by atoms with Gasteiger partial charge in [0.2, 0.25) is 0 Å². The Labute approximate surface area is 133 Å². The number of aromatic nitrogens is 3. The molecule has 0 atom stereocenters. The number of thioether (sulfide) groups is 1. The van der Waals surface area contributed by atoms with Crippen molar-refractivity contribution in [1.29, 1.82) is 0 Å². The minimum atomic E-state index is -0.461. The van der Waals surface area contributed by atoms with Gasteiger partial charge in [-0.05, 0) is 25.5 Å². The van der Waals surface area contributed by atoms with Crippen LogP contribution in [0.5, 0.6) is 0 Å². The minimum Gasteiger partial charge on any atom is -0.462 e. The molecule has 0 saturated heterocycles. The van der Waals surface area contributed by atoms with Crippen LogP contribution in [0, 0.1) is 12.8 Å². The van der Waals surface area contributed by atoms with Crippen LogP contribution in [0.1, 0.15) is 42.5 Å². The van der Waals surface area contributed by atoms with E-state index < -0.39 is 5.97 Å². The highest BCUT2D eigenvalue weighted by Crippen LogP contribution is 2.17. The Kier molecular flexibility index (Phi) is 5.28. The predicted molar refractivity (Wildman–Crippen MR) is 87.5 cm³/mol. The van der Waals surface area contributed by atoms with E-state index in [9.17, 15) is 9.59 Å². The summed E-state index contributed by atoms with van der Waals surface area (Å²) in [7, 11) is 0. The van der Waals surface area contributed by atoms with Gasteiger partial charge >= 0.3 is 5.97 Å². The zero-order valence-electron chi connectivity index (χ0n) is 13.3. The molecule has 2 rings (SSSR count). The molecule has 6 nitrogen and oxygen atoms in total. The van der Waals surface area contributed by atoms with Gasteiger partial charge in [-0.15, -0.1) is 0 Å².